The smallest absolute Gasteiger partial charge is 0.247 e. The highest BCUT2D eigenvalue weighted by molar-refractivity contribution is 7.98. The summed E-state index contributed by atoms with van der Waals surface area (Å²) in [4.78, 5) is 3.26. The van der Waals surface area contributed by atoms with Crippen molar-refractivity contribution in [2.45, 2.75) is 32.6 Å². The Labute approximate surface area is 78.4 Å². The Hall–Kier alpha value is -0.440. The summed E-state index contributed by atoms with van der Waals surface area (Å²) in [6.45, 7) is 5.45. The van der Waals surface area contributed by atoms with Gasteiger partial charge < -0.3 is 0 Å². The normalized spacial score (nSPS) is 10.5. The van der Waals surface area contributed by atoms with Crippen LogP contribution in [0.2, 0.25) is 0 Å². The molecule has 68 valence electrons. The molecule has 0 spiro atoms. The van der Waals surface area contributed by atoms with E-state index < -0.39 is 0 Å². The molecule has 1 aromatic heterocycles. The molecule has 0 bridgehead atoms. The van der Waals surface area contributed by atoms with Crippen LogP contribution in [0.3, 0.4) is 0 Å². The van der Waals surface area contributed by atoms with Crippen molar-refractivity contribution in [3.05, 3.63) is 18.2 Å². The molecule has 1 N–H and O–H groups in total. The zero-order valence-electron chi connectivity index (χ0n) is 7.84. The predicted molar refractivity (Wildman–Crippen MR) is 53.1 cm³/mol. The molecular weight excluding hydrogens is 168 g/mol. The highest BCUT2D eigenvalue weighted by Gasteiger charge is 2.06. The zero-order valence-corrected chi connectivity index (χ0v) is 8.66. The Morgan fingerprint density at radius 1 is 1.50 bits per heavy atom. The Bertz CT molecular complexity index is 220. The Morgan fingerprint density at radius 3 is 3.00 bits per heavy atom. The third-order valence-corrected chi connectivity index (χ3v) is 2.95. The Balaban J connectivity index is 2.39. The second-order valence-corrected chi connectivity index (χ2v) is 3.85. The number of thioether (sulfide) groups is 1. The molecule has 1 aromatic rings. The summed E-state index contributed by atoms with van der Waals surface area (Å²) >= 11 is 1.99. The van der Waals surface area contributed by atoms with Gasteiger partial charge in [-0.2, -0.15) is 0 Å². The third kappa shape index (κ3) is 2.55. The van der Waals surface area contributed by atoms with E-state index in [4.69, 9.17) is 0 Å². The number of imidazole rings is 1. The fraction of sp³-hybridized carbons (Fsp3) is 0.667. The monoisotopic (exact) mass is 185 g/mol. The maximum atomic E-state index is 3.26. The SMILES string of the molecule is CCCSCc1[nH]cc[n+]1CC. The van der Waals surface area contributed by atoms with Crippen molar-refractivity contribution in [3.63, 3.8) is 0 Å². The van der Waals surface area contributed by atoms with Crippen LogP contribution in [0.1, 0.15) is 26.1 Å². The van der Waals surface area contributed by atoms with Crippen LogP contribution in [0.5, 0.6) is 0 Å². The van der Waals surface area contributed by atoms with Crippen molar-refractivity contribution in [2.75, 3.05) is 5.75 Å². The van der Waals surface area contributed by atoms with Gasteiger partial charge in [-0.3, -0.25) is 0 Å². The summed E-state index contributed by atoms with van der Waals surface area (Å²) < 4.78 is 2.25. The lowest BCUT2D eigenvalue weighted by Crippen LogP contribution is -2.34. The minimum Gasteiger partial charge on any atom is -0.247 e. The zero-order chi connectivity index (χ0) is 8.81. The molecule has 0 aromatic carbocycles. The number of nitrogens with zero attached hydrogens (tertiary/aromatic N) is 1. The van der Waals surface area contributed by atoms with E-state index in [0.717, 1.165) is 12.3 Å². The molecule has 0 saturated heterocycles. The molecule has 0 aliphatic heterocycles. The summed E-state index contributed by atoms with van der Waals surface area (Å²) in [5, 5.41) is 0. The lowest BCUT2D eigenvalue weighted by molar-refractivity contribution is -0.698. The first kappa shape index (κ1) is 9.65. The van der Waals surface area contributed by atoms with Gasteiger partial charge >= 0.3 is 0 Å². The standard InChI is InChI=1S/C9H16N2S/c1-3-7-12-8-9-10-5-6-11(9)4-2/h5-6H,3-4,7-8H2,1-2H3/p+1. The highest BCUT2D eigenvalue weighted by atomic mass is 32.2. The van der Waals surface area contributed by atoms with E-state index in [1.807, 2.05) is 18.0 Å². The van der Waals surface area contributed by atoms with Crippen molar-refractivity contribution >= 4 is 11.8 Å². The fourth-order valence-electron chi connectivity index (χ4n) is 1.13. The van der Waals surface area contributed by atoms with Gasteiger partial charge in [0.15, 0.2) is 0 Å². The van der Waals surface area contributed by atoms with Crippen molar-refractivity contribution in [2.24, 2.45) is 0 Å². The molecule has 12 heavy (non-hydrogen) atoms. The fourth-order valence-corrected chi connectivity index (χ4v) is 2.01. The molecule has 0 aliphatic carbocycles. The second-order valence-electron chi connectivity index (χ2n) is 2.75. The number of aromatic amines is 1. The van der Waals surface area contributed by atoms with Crippen LogP contribution in [0, 0.1) is 0 Å². The van der Waals surface area contributed by atoms with Crippen LogP contribution in [-0.4, -0.2) is 10.7 Å². The van der Waals surface area contributed by atoms with Gasteiger partial charge in [0.25, 0.3) is 5.82 Å². The molecule has 0 radical (unpaired) electrons. The maximum Gasteiger partial charge on any atom is 0.264 e. The minimum absolute atomic E-state index is 1.06. The first-order chi connectivity index (χ1) is 5.88. The second kappa shape index (κ2) is 5.25. The quantitative estimate of drug-likeness (QED) is 0.549. The molecule has 0 amide bonds. The number of hydrogen-bond donors (Lipinski definition) is 1. The van der Waals surface area contributed by atoms with Crippen molar-refractivity contribution in [3.8, 4) is 0 Å². The Morgan fingerprint density at radius 2 is 2.33 bits per heavy atom. The summed E-state index contributed by atoms with van der Waals surface area (Å²) in [5.41, 5.74) is 0. The molecule has 1 heterocycles. The van der Waals surface area contributed by atoms with E-state index in [1.54, 1.807) is 0 Å². The topological polar surface area (TPSA) is 19.7 Å². The van der Waals surface area contributed by atoms with E-state index in [1.165, 1.54) is 18.0 Å². The first-order valence-electron chi connectivity index (χ1n) is 4.52. The molecular formula is C9H17N2S+. The van der Waals surface area contributed by atoms with Gasteiger partial charge in [0.1, 0.15) is 12.4 Å². The van der Waals surface area contributed by atoms with Crippen molar-refractivity contribution in [1.82, 2.24) is 4.98 Å². The number of hydrogen-bond acceptors (Lipinski definition) is 1. The average molecular weight is 185 g/mol. The van der Waals surface area contributed by atoms with Crippen LogP contribution in [0.25, 0.3) is 0 Å². The lowest BCUT2D eigenvalue weighted by atomic mass is 10.6. The average Bonchev–Trinajstić information content (AvgIpc) is 2.52. The summed E-state index contributed by atoms with van der Waals surface area (Å²) in [5.74, 6) is 3.69. The Kier molecular flexibility index (Phi) is 4.22. The molecule has 0 unspecified atom stereocenters. The molecule has 3 heteroatoms. The minimum atomic E-state index is 1.06. The molecule has 0 fully saturated rings. The van der Waals surface area contributed by atoms with Crippen molar-refractivity contribution < 1.29 is 4.57 Å². The van der Waals surface area contributed by atoms with Gasteiger partial charge in [0.05, 0.1) is 12.3 Å². The number of aryl methyl sites for hydroxylation is 1. The van der Waals surface area contributed by atoms with Gasteiger partial charge in [-0.1, -0.05) is 6.92 Å². The van der Waals surface area contributed by atoms with Crippen LogP contribution < -0.4 is 4.57 Å². The van der Waals surface area contributed by atoms with E-state index in [0.29, 0.717) is 0 Å². The van der Waals surface area contributed by atoms with Crippen LogP contribution in [-0.2, 0) is 12.3 Å². The molecule has 2 nitrogen and oxygen atoms in total. The predicted octanol–water partition coefficient (Wildman–Crippen LogP) is 1.97. The van der Waals surface area contributed by atoms with Crippen LogP contribution >= 0.6 is 11.8 Å². The van der Waals surface area contributed by atoms with Gasteiger partial charge in [-0.05, 0) is 19.1 Å². The van der Waals surface area contributed by atoms with E-state index in [-0.39, 0.29) is 0 Å². The third-order valence-electron chi connectivity index (χ3n) is 1.78. The largest absolute Gasteiger partial charge is 0.264 e. The van der Waals surface area contributed by atoms with Crippen molar-refractivity contribution in [1.29, 1.82) is 0 Å². The van der Waals surface area contributed by atoms with Gasteiger partial charge in [0.2, 0.25) is 0 Å². The molecule has 0 atom stereocenters. The first-order valence-corrected chi connectivity index (χ1v) is 5.67. The highest BCUT2D eigenvalue weighted by Crippen LogP contribution is 2.07. The maximum absolute atomic E-state index is 3.26. The summed E-state index contributed by atoms with van der Waals surface area (Å²) in [6, 6.07) is 0. The van der Waals surface area contributed by atoms with Gasteiger partial charge in [-0.25, -0.2) is 9.55 Å². The molecule has 0 aliphatic rings. The van der Waals surface area contributed by atoms with Gasteiger partial charge in [0, 0.05) is 0 Å². The number of aromatic nitrogens is 2. The number of rotatable bonds is 5. The van der Waals surface area contributed by atoms with E-state index in [9.17, 15) is 0 Å². The van der Waals surface area contributed by atoms with E-state index >= 15 is 0 Å². The van der Waals surface area contributed by atoms with Crippen LogP contribution in [0.4, 0.5) is 0 Å². The molecule has 1 rings (SSSR count). The summed E-state index contributed by atoms with van der Waals surface area (Å²) in [6.07, 6.45) is 5.37. The number of nitrogens with one attached hydrogen (secondary N) is 1. The summed E-state index contributed by atoms with van der Waals surface area (Å²) in [7, 11) is 0. The van der Waals surface area contributed by atoms with Crippen LogP contribution in [0.15, 0.2) is 12.4 Å². The van der Waals surface area contributed by atoms with Gasteiger partial charge in [-0.15, -0.1) is 11.8 Å². The molecule has 0 saturated carbocycles. The lowest BCUT2D eigenvalue weighted by Gasteiger charge is -1.96. The van der Waals surface area contributed by atoms with E-state index in [2.05, 4.69) is 29.6 Å². The number of H-pyrrole nitrogens is 1.